The van der Waals surface area contributed by atoms with Crippen molar-refractivity contribution in [3.05, 3.63) is 185 Å². The summed E-state index contributed by atoms with van der Waals surface area (Å²) in [5.41, 5.74) is 5.29. The average molecular weight is 762 g/mol. The normalized spacial score (nSPS) is 15.1. The topological polar surface area (TPSA) is 102 Å². The maximum Gasteiger partial charge on any atom is 0.301 e. The van der Waals surface area contributed by atoms with Gasteiger partial charge in [-0.05, 0) is 76.3 Å². The first-order chi connectivity index (χ1) is 26.9. The van der Waals surface area contributed by atoms with Gasteiger partial charge in [-0.1, -0.05) is 138 Å². The van der Waals surface area contributed by atoms with Crippen LogP contribution in [0.5, 0.6) is 11.5 Å². The maximum atomic E-state index is 13.9. The minimum absolute atomic E-state index is 0.0449. The van der Waals surface area contributed by atoms with E-state index in [-0.39, 0.29) is 16.5 Å². The van der Waals surface area contributed by atoms with E-state index in [0.29, 0.717) is 45.9 Å². The van der Waals surface area contributed by atoms with Crippen LogP contribution >= 0.6 is 23.1 Å². The van der Waals surface area contributed by atoms with Gasteiger partial charge >= 0.3 is 5.91 Å². The highest BCUT2D eigenvalue weighted by molar-refractivity contribution is 8.00. The Hall–Kier alpha value is -6.23. The molecule has 0 spiro atoms. The zero-order chi connectivity index (χ0) is 37.7. The van der Waals surface area contributed by atoms with Crippen molar-refractivity contribution in [3.8, 4) is 11.5 Å². The summed E-state index contributed by atoms with van der Waals surface area (Å²) < 4.78 is 12.7. The molecule has 6 aromatic carbocycles. The number of amides is 1. The van der Waals surface area contributed by atoms with Gasteiger partial charge in [-0.3, -0.25) is 14.5 Å². The van der Waals surface area contributed by atoms with E-state index in [2.05, 4.69) is 40.5 Å². The molecule has 1 aromatic heterocycles. The molecule has 55 heavy (non-hydrogen) atoms. The molecule has 7 aromatic rings. The van der Waals surface area contributed by atoms with Gasteiger partial charge in [0.2, 0.25) is 5.13 Å². The molecule has 1 amide bonds. The van der Waals surface area contributed by atoms with Crippen LogP contribution in [-0.2, 0) is 28.6 Å². The Morgan fingerprint density at radius 2 is 1.40 bits per heavy atom. The maximum absolute atomic E-state index is 13.9. The monoisotopic (exact) mass is 761 g/mol. The number of anilines is 1. The number of ether oxygens (including phenoxy) is 2. The molecule has 0 saturated carbocycles. The van der Waals surface area contributed by atoms with Gasteiger partial charge in [0.1, 0.15) is 30.5 Å². The smallest absolute Gasteiger partial charge is 0.301 e. The Morgan fingerprint density at radius 3 is 2.16 bits per heavy atom. The van der Waals surface area contributed by atoms with Crippen molar-refractivity contribution >= 4 is 56.5 Å². The molecule has 8 rings (SSSR count). The van der Waals surface area contributed by atoms with Crippen LogP contribution in [0.25, 0.3) is 16.5 Å². The van der Waals surface area contributed by atoms with Gasteiger partial charge in [0, 0.05) is 11.3 Å². The van der Waals surface area contributed by atoms with Crippen LogP contribution in [0.15, 0.2) is 156 Å². The van der Waals surface area contributed by atoms with E-state index in [9.17, 15) is 14.7 Å². The van der Waals surface area contributed by atoms with Crippen molar-refractivity contribution in [1.82, 2.24) is 10.2 Å². The van der Waals surface area contributed by atoms with E-state index < -0.39 is 17.7 Å². The summed E-state index contributed by atoms with van der Waals surface area (Å²) >= 11 is 2.75. The summed E-state index contributed by atoms with van der Waals surface area (Å²) in [4.78, 5) is 29.2. The quantitative estimate of drug-likeness (QED) is 0.0432. The zero-order valence-corrected chi connectivity index (χ0v) is 31.4. The van der Waals surface area contributed by atoms with E-state index in [1.54, 1.807) is 48.5 Å². The molecule has 0 bridgehead atoms. The highest BCUT2D eigenvalue weighted by atomic mass is 32.2. The lowest BCUT2D eigenvalue weighted by molar-refractivity contribution is -0.132. The first kappa shape index (κ1) is 35.8. The first-order valence-corrected chi connectivity index (χ1v) is 19.5. The van der Waals surface area contributed by atoms with Crippen molar-refractivity contribution < 1.29 is 24.2 Å². The molecule has 2 heterocycles. The van der Waals surface area contributed by atoms with E-state index in [4.69, 9.17) is 9.47 Å². The number of rotatable bonds is 12. The molecule has 272 valence electrons. The Morgan fingerprint density at radius 1 is 0.745 bits per heavy atom. The number of aryl methyl sites for hydroxylation is 1. The van der Waals surface area contributed by atoms with Gasteiger partial charge in [-0.15, -0.1) is 10.2 Å². The zero-order valence-electron chi connectivity index (χ0n) is 29.8. The van der Waals surface area contributed by atoms with Crippen molar-refractivity contribution in [2.45, 2.75) is 36.3 Å². The Balaban J connectivity index is 1.09. The Labute approximate surface area is 326 Å². The molecular formula is C45H35N3O5S2. The van der Waals surface area contributed by atoms with Gasteiger partial charge in [0.15, 0.2) is 4.34 Å². The van der Waals surface area contributed by atoms with Crippen LogP contribution in [0.1, 0.15) is 39.4 Å². The van der Waals surface area contributed by atoms with Gasteiger partial charge in [0.25, 0.3) is 5.78 Å². The summed E-state index contributed by atoms with van der Waals surface area (Å²) in [6.07, 6.45) is 0. The summed E-state index contributed by atoms with van der Waals surface area (Å²) in [7, 11) is 0. The number of hydrogen-bond donors (Lipinski definition) is 1. The van der Waals surface area contributed by atoms with Crippen molar-refractivity contribution in [1.29, 1.82) is 0 Å². The van der Waals surface area contributed by atoms with Crippen LogP contribution in [0.3, 0.4) is 0 Å². The van der Waals surface area contributed by atoms with Crippen LogP contribution < -0.4 is 14.4 Å². The number of benzene rings is 6. The van der Waals surface area contributed by atoms with Gasteiger partial charge in [-0.2, -0.15) is 0 Å². The fourth-order valence-corrected chi connectivity index (χ4v) is 8.45. The number of aliphatic hydroxyl groups is 1. The van der Waals surface area contributed by atoms with E-state index in [1.165, 1.54) is 28.0 Å². The predicted octanol–water partition coefficient (Wildman–Crippen LogP) is 10.1. The van der Waals surface area contributed by atoms with Gasteiger partial charge in [0.05, 0.1) is 11.6 Å². The standard InChI is InChI=1S/C45H35N3O5S2/c1-29-9-7-12-31(25-29)27-53-37-23-19-34(20-24-37)41(49)39-40(33-17-21-36(22-18-33)52-26-30-10-3-2-4-11-30)48(43(51)42(39)50)44-46-47-45(55-44)54-28-35-15-8-14-32-13-5-6-16-38(32)35/h2-25,40,49H,26-28H2,1H3/b41-39+. The molecule has 1 aliphatic heterocycles. The largest absolute Gasteiger partial charge is 0.507 e. The summed E-state index contributed by atoms with van der Waals surface area (Å²) in [6.45, 7) is 2.79. The first-order valence-electron chi connectivity index (χ1n) is 17.7. The number of carbonyl (C=O) groups excluding carboxylic acids is 2. The molecule has 1 aliphatic rings. The lowest BCUT2D eigenvalue weighted by Gasteiger charge is -2.22. The van der Waals surface area contributed by atoms with Crippen molar-refractivity contribution in [2.75, 3.05) is 4.90 Å². The predicted molar refractivity (Wildman–Crippen MR) is 217 cm³/mol. The molecule has 1 atom stereocenters. The molecule has 0 radical (unpaired) electrons. The van der Waals surface area contributed by atoms with Gasteiger partial charge < -0.3 is 14.6 Å². The highest BCUT2D eigenvalue weighted by Crippen LogP contribution is 2.44. The molecule has 1 unspecified atom stereocenters. The molecule has 1 N–H and O–H groups in total. The number of hydrogen-bond acceptors (Lipinski definition) is 9. The number of ketones is 1. The second kappa shape index (κ2) is 16.0. The summed E-state index contributed by atoms with van der Waals surface area (Å²) in [6, 6.07) is 45.4. The summed E-state index contributed by atoms with van der Waals surface area (Å²) in [5.74, 6) is -0.0384. The van der Waals surface area contributed by atoms with E-state index >= 15 is 0 Å². The second-order valence-corrected chi connectivity index (χ2v) is 15.3. The van der Waals surface area contributed by atoms with Crippen LogP contribution in [-0.4, -0.2) is 27.0 Å². The fourth-order valence-electron chi connectivity index (χ4n) is 6.58. The molecule has 1 saturated heterocycles. The molecule has 1 fully saturated rings. The fraction of sp³-hybridized carbons (Fsp3) is 0.111. The summed E-state index contributed by atoms with van der Waals surface area (Å²) in [5, 5.41) is 23.2. The number of aromatic nitrogens is 2. The molecule has 0 aliphatic carbocycles. The highest BCUT2D eigenvalue weighted by Gasteiger charge is 2.48. The molecule has 10 heteroatoms. The van der Waals surface area contributed by atoms with E-state index in [1.807, 2.05) is 73.7 Å². The van der Waals surface area contributed by atoms with Gasteiger partial charge in [-0.25, -0.2) is 0 Å². The number of carbonyl (C=O) groups is 2. The number of nitrogens with zero attached hydrogens (tertiary/aromatic N) is 3. The Kier molecular flexibility index (Phi) is 10.4. The van der Waals surface area contributed by atoms with Crippen LogP contribution in [0, 0.1) is 6.92 Å². The number of Topliss-reactive ketones (excluding diaryl/α,β-unsaturated/α-hetero) is 1. The minimum atomic E-state index is -0.968. The number of aliphatic hydroxyl groups excluding tert-OH is 1. The van der Waals surface area contributed by atoms with Crippen LogP contribution in [0.2, 0.25) is 0 Å². The number of thioether (sulfide) groups is 1. The number of fused-ring (bicyclic) bond motifs is 1. The average Bonchev–Trinajstić information content (AvgIpc) is 3.80. The lowest BCUT2D eigenvalue weighted by Crippen LogP contribution is -2.29. The molecular weight excluding hydrogens is 727 g/mol. The van der Waals surface area contributed by atoms with Crippen molar-refractivity contribution in [3.63, 3.8) is 0 Å². The third kappa shape index (κ3) is 7.87. The third-order valence-corrected chi connectivity index (χ3v) is 11.4. The van der Waals surface area contributed by atoms with Crippen LogP contribution in [0.4, 0.5) is 5.13 Å². The third-order valence-electron chi connectivity index (χ3n) is 9.34. The lowest BCUT2D eigenvalue weighted by atomic mass is 9.95. The minimum Gasteiger partial charge on any atom is -0.507 e. The SMILES string of the molecule is Cc1cccc(COc2ccc(/C(O)=C3\C(=O)C(=O)N(c4nnc(SCc5cccc6ccccc56)s4)C3c3ccc(OCc4ccccc4)cc3)cc2)c1. The van der Waals surface area contributed by atoms with E-state index in [0.717, 1.165) is 33.0 Å². The molecule has 8 nitrogen and oxygen atoms in total. The second-order valence-electron chi connectivity index (χ2n) is 13.1. The Bertz CT molecular complexity index is 2510. The van der Waals surface area contributed by atoms with Crippen molar-refractivity contribution in [2.24, 2.45) is 0 Å².